The predicted octanol–water partition coefficient (Wildman–Crippen LogP) is 3.81. The molecule has 0 amide bonds. The van der Waals surface area contributed by atoms with Gasteiger partial charge >= 0.3 is 0 Å². The van der Waals surface area contributed by atoms with Crippen LogP contribution in [0.3, 0.4) is 0 Å². The van der Waals surface area contributed by atoms with Crippen LogP contribution in [0.15, 0.2) is 48.7 Å². The molecule has 8 nitrogen and oxygen atoms in total. The van der Waals surface area contributed by atoms with Gasteiger partial charge in [-0.25, -0.2) is 4.72 Å². The number of hydrogen-bond donors (Lipinski definition) is 1. The third-order valence-corrected chi connectivity index (χ3v) is 6.61. The van der Waals surface area contributed by atoms with Gasteiger partial charge < -0.3 is 4.57 Å². The Labute approximate surface area is 182 Å². The minimum atomic E-state index is -3.47. The summed E-state index contributed by atoms with van der Waals surface area (Å²) in [6.07, 6.45) is 2.64. The monoisotopic (exact) mass is 444 g/mol. The van der Waals surface area contributed by atoms with E-state index in [2.05, 4.69) is 29.3 Å². The highest BCUT2D eigenvalue weighted by molar-refractivity contribution is 7.87. The van der Waals surface area contributed by atoms with Gasteiger partial charge in [0.25, 0.3) is 15.9 Å². The fraction of sp³-hybridized carbons (Fsp3) is 0.364. The fourth-order valence-electron chi connectivity index (χ4n) is 3.53. The molecule has 1 heterocycles. The van der Waals surface area contributed by atoms with Gasteiger partial charge in [-0.15, -0.1) is 0 Å². The highest BCUT2D eigenvalue weighted by Crippen LogP contribution is 2.30. The lowest BCUT2D eigenvalue weighted by atomic mass is 10.0. The van der Waals surface area contributed by atoms with E-state index in [9.17, 15) is 18.5 Å². The van der Waals surface area contributed by atoms with Crippen LogP contribution < -0.4 is 4.72 Å². The topological polar surface area (TPSA) is 97.5 Å². The van der Waals surface area contributed by atoms with E-state index in [1.165, 1.54) is 20.2 Å². The van der Waals surface area contributed by atoms with Crippen molar-refractivity contribution in [1.82, 2.24) is 13.6 Å². The molecule has 0 saturated heterocycles. The van der Waals surface area contributed by atoms with Crippen LogP contribution in [0, 0.1) is 16.0 Å². The van der Waals surface area contributed by atoms with Crippen LogP contribution >= 0.6 is 0 Å². The Balaban J connectivity index is 1.97. The maximum absolute atomic E-state index is 12.0. The van der Waals surface area contributed by atoms with Crippen LogP contribution in [0.1, 0.15) is 19.4 Å². The van der Waals surface area contributed by atoms with Crippen molar-refractivity contribution in [2.75, 3.05) is 20.6 Å². The van der Waals surface area contributed by atoms with Crippen LogP contribution in [0.4, 0.5) is 5.69 Å². The third-order valence-electron chi connectivity index (χ3n) is 5.08. The summed E-state index contributed by atoms with van der Waals surface area (Å²) in [6.45, 7) is 5.40. The molecular weight excluding hydrogens is 416 g/mol. The largest absolute Gasteiger partial charge is 0.347 e. The second kappa shape index (κ2) is 9.17. The Kier molecular flexibility index (Phi) is 6.78. The fourth-order valence-corrected chi connectivity index (χ4v) is 4.15. The maximum Gasteiger partial charge on any atom is 0.278 e. The molecule has 0 fully saturated rings. The summed E-state index contributed by atoms with van der Waals surface area (Å²) in [4.78, 5) is 10.7. The van der Waals surface area contributed by atoms with Crippen LogP contribution in [-0.2, 0) is 23.2 Å². The van der Waals surface area contributed by atoms with Crippen molar-refractivity contribution < 1.29 is 13.3 Å². The number of hydrogen-bond acceptors (Lipinski definition) is 4. The highest BCUT2D eigenvalue weighted by atomic mass is 32.2. The lowest BCUT2D eigenvalue weighted by Crippen LogP contribution is -2.36. The van der Waals surface area contributed by atoms with Gasteiger partial charge in [0, 0.05) is 56.4 Å². The standard InChI is InChI=1S/C22H28N4O4S/c1-16(2)14-25-15-19(10-11-23-31(29,30)24(3)4)21-9-8-18(13-22(21)25)17-6-5-7-20(12-17)26(27)28/h5-9,12-13,15-16,23H,10-11,14H2,1-4H3. The summed E-state index contributed by atoms with van der Waals surface area (Å²) in [7, 11) is -0.481. The molecule has 166 valence electrons. The van der Waals surface area contributed by atoms with Crippen LogP contribution in [-0.4, -0.2) is 42.9 Å². The highest BCUT2D eigenvalue weighted by Gasteiger charge is 2.15. The van der Waals surface area contributed by atoms with E-state index in [-0.39, 0.29) is 5.69 Å². The van der Waals surface area contributed by atoms with Crippen molar-refractivity contribution in [2.24, 2.45) is 5.92 Å². The Morgan fingerprint density at radius 1 is 1.13 bits per heavy atom. The zero-order valence-corrected chi connectivity index (χ0v) is 19.0. The van der Waals surface area contributed by atoms with E-state index in [4.69, 9.17) is 0 Å². The zero-order valence-electron chi connectivity index (χ0n) is 18.2. The van der Waals surface area contributed by atoms with Crippen LogP contribution in [0.25, 0.3) is 22.0 Å². The normalized spacial score (nSPS) is 12.2. The molecule has 0 saturated carbocycles. The summed E-state index contributed by atoms with van der Waals surface area (Å²) >= 11 is 0. The predicted molar refractivity (Wildman–Crippen MR) is 123 cm³/mol. The van der Waals surface area contributed by atoms with E-state index in [0.29, 0.717) is 18.9 Å². The van der Waals surface area contributed by atoms with Gasteiger partial charge in [0.05, 0.1) is 4.92 Å². The van der Waals surface area contributed by atoms with Gasteiger partial charge in [-0.2, -0.15) is 12.7 Å². The van der Waals surface area contributed by atoms with E-state index in [1.54, 1.807) is 12.1 Å². The molecule has 0 aliphatic rings. The minimum Gasteiger partial charge on any atom is -0.347 e. The summed E-state index contributed by atoms with van der Waals surface area (Å²) < 4.78 is 29.9. The molecule has 0 aliphatic heterocycles. The second-order valence-corrected chi connectivity index (χ2v) is 10.1. The quantitative estimate of drug-likeness (QED) is 0.401. The van der Waals surface area contributed by atoms with E-state index >= 15 is 0 Å². The van der Waals surface area contributed by atoms with Crippen molar-refractivity contribution in [3.8, 4) is 11.1 Å². The molecule has 0 bridgehead atoms. The number of nitrogens with one attached hydrogen (secondary N) is 1. The summed E-state index contributed by atoms with van der Waals surface area (Å²) in [6, 6.07) is 12.6. The van der Waals surface area contributed by atoms with Crippen molar-refractivity contribution >= 4 is 26.8 Å². The van der Waals surface area contributed by atoms with E-state index < -0.39 is 15.1 Å². The van der Waals surface area contributed by atoms with Gasteiger partial charge in [0.2, 0.25) is 0 Å². The number of nitro benzene ring substituents is 1. The van der Waals surface area contributed by atoms with Gasteiger partial charge in [-0.05, 0) is 35.1 Å². The molecule has 0 spiro atoms. The first-order chi connectivity index (χ1) is 14.6. The van der Waals surface area contributed by atoms with Crippen molar-refractivity contribution in [3.05, 3.63) is 64.3 Å². The van der Waals surface area contributed by atoms with Gasteiger partial charge in [-0.3, -0.25) is 10.1 Å². The SMILES string of the molecule is CC(C)Cn1cc(CCNS(=O)(=O)N(C)C)c2ccc(-c3cccc([N+](=O)[O-])c3)cc21. The van der Waals surface area contributed by atoms with Gasteiger partial charge in [-0.1, -0.05) is 38.1 Å². The molecule has 31 heavy (non-hydrogen) atoms. The molecule has 0 unspecified atom stereocenters. The second-order valence-electron chi connectivity index (χ2n) is 8.17. The van der Waals surface area contributed by atoms with Gasteiger partial charge in [0.15, 0.2) is 0 Å². The van der Waals surface area contributed by atoms with Crippen LogP contribution in [0.2, 0.25) is 0 Å². The molecule has 0 aliphatic carbocycles. The third kappa shape index (κ3) is 5.30. The Hall–Kier alpha value is -2.75. The van der Waals surface area contributed by atoms with Gasteiger partial charge in [0.1, 0.15) is 0 Å². The number of aromatic nitrogens is 1. The summed E-state index contributed by atoms with van der Waals surface area (Å²) in [5.74, 6) is 0.428. The Bertz CT molecular complexity index is 1200. The molecule has 0 atom stereocenters. The van der Waals surface area contributed by atoms with Crippen molar-refractivity contribution in [2.45, 2.75) is 26.8 Å². The lowest BCUT2D eigenvalue weighted by molar-refractivity contribution is -0.384. The molecule has 2 aromatic carbocycles. The maximum atomic E-state index is 12.0. The number of benzene rings is 2. The number of nitrogens with zero attached hydrogens (tertiary/aromatic N) is 3. The smallest absolute Gasteiger partial charge is 0.278 e. The number of rotatable bonds is 9. The lowest BCUT2D eigenvalue weighted by Gasteiger charge is -2.11. The number of non-ortho nitro benzene ring substituents is 1. The first kappa shape index (κ1) is 22.9. The molecule has 1 N–H and O–H groups in total. The average Bonchev–Trinajstić information content (AvgIpc) is 3.04. The summed E-state index contributed by atoms with van der Waals surface area (Å²) in [5, 5.41) is 12.2. The van der Waals surface area contributed by atoms with Crippen LogP contribution in [0.5, 0.6) is 0 Å². The first-order valence-corrected chi connectivity index (χ1v) is 11.6. The average molecular weight is 445 g/mol. The number of nitro groups is 1. The zero-order chi connectivity index (χ0) is 22.8. The minimum absolute atomic E-state index is 0.0593. The molecule has 3 aromatic rings. The van der Waals surface area contributed by atoms with Crippen molar-refractivity contribution in [1.29, 1.82) is 0 Å². The Morgan fingerprint density at radius 3 is 2.48 bits per heavy atom. The first-order valence-electron chi connectivity index (χ1n) is 10.1. The summed E-state index contributed by atoms with van der Waals surface area (Å²) in [5.41, 5.74) is 3.84. The number of fused-ring (bicyclic) bond motifs is 1. The molecule has 3 rings (SSSR count). The Morgan fingerprint density at radius 2 is 1.84 bits per heavy atom. The molecule has 0 radical (unpaired) electrons. The van der Waals surface area contributed by atoms with Crippen molar-refractivity contribution in [3.63, 3.8) is 0 Å². The van der Waals surface area contributed by atoms with E-state index in [1.807, 2.05) is 24.3 Å². The van der Waals surface area contributed by atoms with E-state index in [0.717, 1.165) is 38.4 Å². The molecule has 1 aromatic heterocycles. The molecule has 9 heteroatoms. The molecular formula is C22H28N4O4S.